The molecule has 1 aromatic heterocycles. The number of pyridine rings is 1. The van der Waals surface area contributed by atoms with E-state index in [2.05, 4.69) is 10.3 Å². The lowest BCUT2D eigenvalue weighted by atomic mass is 10.3. The first-order valence-corrected chi connectivity index (χ1v) is 7.66. The van der Waals surface area contributed by atoms with Crippen LogP contribution in [0.3, 0.4) is 0 Å². The number of aromatic nitrogens is 1. The molecule has 24 heavy (non-hydrogen) atoms. The van der Waals surface area contributed by atoms with E-state index in [4.69, 9.17) is 16.3 Å². The second-order valence-electron chi connectivity index (χ2n) is 5.09. The third-order valence-electron chi connectivity index (χ3n) is 3.29. The number of nitrogens with zero attached hydrogens (tertiary/aromatic N) is 2. The summed E-state index contributed by atoms with van der Waals surface area (Å²) in [5.74, 6) is 0.00103. The van der Waals surface area contributed by atoms with Crippen LogP contribution in [0.2, 0.25) is 5.02 Å². The van der Waals surface area contributed by atoms with Crippen LogP contribution in [0, 0.1) is 0 Å². The number of halogens is 1. The molecule has 1 aromatic carbocycles. The Morgan fingerprint density at radius 1 is 1.29 bits per heavy atom. The summed E-state index contributed by atoms with van der Waals surface area (Å²) in [6, 6.07) is 10.4. The molecule has 2 rings (SSSR count). The van der Waals surface area contributed by atoms with Gasteiger partial charge in [-0.05, 0) is 30.3 Å². The Balaban J connectivity index is 2.00. The number of rotatable bonds is 6. The van der Waals surface area contributed by atoms with E-state index in [1.54, 1.807) is 36.5 Å². The van der Waals surface area contributed by atoms with Crippen LogP contribution in [0.4, 0.5) is 5.69 Å². The molecule has 0 aliphatic rings. The molecule has 2 amide bonds. The van der Waals surface area contributed by atoms with Crippen molar-refractivity contribution in [2.45, 2.75) is 13.5 Å². The molecule has 2 aromatic rings. The summed E-state index contributed by atoms with van der Waals surface area (Å²) in [7, 11) is 1.52. The van der Waals surface area contributed by atoms with Crippen molar-refractivity contribution in [3.63, 3.8) is 0 Å². The molecule has 0 saturated carbocycles. The van der Waals surface area contributed by atoms with E-state index in [-0.39, 0.29) is 24.9 Å². The van der Waals surface area contributed by atoms with Crippen LogP contribution < -0.4 is 10.1 Å². The molecule has 0 fully saturated rings. The first-order chi connectivity index (χ1) is 11.5. The van der Waals surface area contributed by atoms with E-state index >= 15 is 0 Å². The lowest BCUT2D eigenvalue weighted by Crippen LogP contribution is -2.36. The maximum atomic E-state index is 12.2. The highest BCUT2D eigenvalue weighted by Gasteiger charge is 2.15. The minimum Gasteiger partial charge on any atom is -0.495 e. The average Bonchev–Trinajstić information content (AvgIpc) is 2.55. The van der Waals surface area contributed by atoms with Crippen molar-refractivity contribution in [1.29, 1.82) is 0 Å². The van der Waals surface area contributed by atoms with Crippen molar-refractivity contribution in [3.8, 4) is 5.75 Å². The summed E-state index contributed by atoms with van der Waals surface area (Å²) in [4.78, 5) is 29.5. The van der Waals surface area contributed by atoms with Gasteiger partial charge >= 0.3 is 0 Å². The molecule has 0 saturated heterocycles. The van der Waals surface area contributed by atoms with Gasteiger partial charge in [-0.15, -0.1) is 0 Å². The molecule has 0 spiro atoms. The monoisotopic (exact) mass is 347 g/mol. The number of carbonyl (C=O) groups is 2. The Morgan fingerprint density at radius 2 is 2.08 bits per heavy atom. The van der Waals surface area contributed by atoms with Crippen molar-refractivity contribution in [1.82, 2.24) is 9.88 Å². The van der Waals surface area contributed by atoms with Crippen LogP contribution in [0.15, 0.2) is 42.6 Å². The standard InChI is InChI=1S/C17H18ClN3O3/c1-12(22)21(10-14-5-3-4-8-19-14)11-17(23)20-13-6-7-16(24-2)15(18)9-13/h3-9H,10-11H2,1-2H3,(H,20,23). The first kappa shape index (κ1) is 17.7. The summed E-state index contributed by atoms with van der Waals surface area (Å²) < 4.78 is 5.06. The number of methoxy groups -OCH3 is 1. The Morgan fingerprint density at radius 3 is 2.67 bits per heavy atom. The predicted molar refractivity (Wildman–Crippen MR) is 92.0 cm³/mol. The summed E-state index contributed by atoms with van der Waals surface area (Å²) in [6.07, 6.45) is 1.65. The van der Waals surface area contributed by atoms with Gasteiger partial charge in [0.25, 0.3) is 0 Å². The van der Waals surface area contributed by atoms with Crippen molar-refractivity contribution in [3.05, 3.63) is 53.3 Å². The topological polar surface area (TPSA) is 71.5 Å². The molecule has 0 radical (unpaired) electrons. The van der Waals surface area contributed by atoms with E-state index in [0.717, 1.165) is 0 Å². The minimum atomic E-state index is -0.317. The van der Waals surface area contributed by atoms with E-state index in [1.165, 1.54) is 18.9 Å². The smallest absolute Gasteiger partial charge is 0.244 e. The third kappa shape index (κ3) is 4.96. The zero-order valence-corrected chi connectivity index (χ0v) is 14.2. The van der Waals surface area contributed by atoms with Crippen molar-refractivity contribution in [2.75, 3.05) is 19.0 Å². The Bertz CT molecular complexity index is 722. The molecule has 6 nitrogen and oxygen atoms in total. The quantitative estimate of drug-likeness (QED) is 0.872. The molecule has 0 aliphatic heterocycles. The van der Waals surface area contributed by atoms with Gasteiger partial charge in [0.15, 0.2) is 0 Å². The third-order valence-corrected chi connectivity index (χ3v) is 3.59. The fraction of sp³-hybridized carbons (Fsp3) is 0.235. The number of carbonyl (C=O) groups excluding carboxylic acids is 2. The highest BCUT2D eigenvalue weighted by Crippen LogP contribution is 2.27. The van der Waals surface area contributed by atoms with Gasteiger partial charge < -0.3 is 15.0 Å². The summed E-state index contributed by atoms with van der Waals surface area (Å²) in [5.41, 5.74) is 1.25. The van der Waals surface area contributed by atoms with Crippen LogP contribution in [-0.2, 0) is 16.1 Å². The molecule has 1 heterocycles. The van der Waals surface area contributed by atoms with E-state index in [0.29, 0.717) is 22.2 Å². The van der Waals surface area contributed by atoms with Gasteiger partial charge in [-0.25, -0.2) is 0 Å². The van der Waals surface area contributed by atoms with Crippen molar-refractivity contribution in [2.24, 2.45) is 0 Å². The second-order valence-corrected chi connectivity index (χ2v) is 5.50. The molecule has 0 bridgehead atoms. The normalized spacial score (nSPS) is 10.1. The Labute approximate surface area is 145 Å². The highest BCUT2D eigenvalue weighted by atomic mass is 35.5. The number of hydrogen-bond acceptors (Lipinski definition) is 4. The van der Waals surface area contributed by atoms with Crippen molar-refractivity contribution < 1.29 is 14.3 Å². The summed E-state index contributed by atoms with van der Waals surface area (Å²) in [6.45, 7) is 1.61. The molecule has 0 unspecified atom stereocenters. The maximum absolute atomic E-state index is 12.2. The van der Waals surface area contributed by atoms with Gasteiger partial charge in [0.05, 0.1) is 24.4 Å². The molecule has 126 valence electrons. The minimum absolute atomic E-state index is 0.0739. The predicted octanol–water partition coefficient (Wildman–Crippen LogP) is 2.73. The van der Waals surface area contributed by atoms with E-state index < -0.39 is 0 Å². The zero-order valence-electron chi connectivity index (χ0n) is 13.5. The molecular formula is C17H18ClN3O3. The fourth-order valence-electron chi connectivity index (χ4n) is 2.08. The number of nitrogens with one attached hydrogen (secondary N) is 1. The number of anilines is 1. The van der Waals surface area contributed by atoms with Crippen LogP contribution in [0.1, 0.15) is 12.6 Å². The molecule has 0 atom stereocenters. The second kappa shape index (κ2) is 8.31. The van der Waals surface area contributed by atoms with Gasteiger partial charge in [-0.3, -0.25) is 14.6 Å². The fourth-order valence-corrected chi connectivity index (χ4v) is 2.34. The number of benzene rings is 1. The first-order valence-electron chi connectivity index (χ1n) is 7.28. The lowest BCUT2D eigenvalue weighted by Gasteiger charge is -2.20. The Kier molecular flexibility index (Phi) is 6.14. The molecular weight excluding hydrogens is 330 g/mol. The highest BCUT2D eigenvalue weighted by molar-refractivity contribution is 6.32. The van der Waals surface area contributed by atoms with Gasteiger partial charge in [-0.1, -0.05) is 17.7 Å². The average molecular weight is 348 g/mol. The largest absolute Gasteiger partial charge is 0.495 e. The maximum Gasteiger partial charge on any atom is 0.244 e. The van der Waals surface area contributed by atoms with Gasteiger partial charge in [0, 0.05) is 18.8 Å². The lowest BCUT2D eigenvalue weighted by molar-refractivity contribution is -0.133. The van der Waals surface area contributed by atoms with Crippen LogP contribution in [0.25, 0.3) is 0 Å². The number of amides is 2. The van der Waals surface area contributed by atoms with Gasteiger partial charge in [0.2, 0.25) is 11.8 Å². The molecule has 7 heteroatoms. The summed E-state index contributed by atoms with van der Waals surface area (Å²) >= 11 is 6.03. The number of hydrogen-bond donors (Lipinski definition) is 1. The Hall–Kier alpha value is -2.60. The molecule has 0 aliphatic carbocycles. The summed E-state index contributed by atoms with van der Waals surface area (Å²) in [5, 5.41) is 3.11. The van der Waals surface area contributed by atoms with Crippen LogP contribution in [-0.4, -0.2) is 35.4 Å². The van der Waals surface area contributed by atoms with Crippen LogP contribution >= 0.6 is 11.6 Å². The van der Waals surface area contributed by atoms with Crippen molar-refractivity contribution >= 4 is 29.1 Å². The van der Waals surface area contributed by atoms with Gasteiger partial charge in [0.1, 0.15) is 12.3 Å². The molecule has 1 N–H and O–H groups in total. The SMILES string of the molecule is COc1ccc(NC(=O)CN(Cc2ccccn2)C(C)=O)cc1Cl. The number of ether oxygens (including phenoxy) is 1. The van der Waals surface area contributed by atoms with Crippen LogP contribution in [0.5, 0.6) is 5.75 Å². The van der Waals surface area contributed by atoms with E-state index in [9.17, 15) is 9.59 Å². The van der Waals surface area contributed by atoms with E-state index in [1.807, 2.05) is 6.07 Å². The van der Waals surface area contributed by atoms with Gasteiger partial charge in [-0.2, -0.15) is 0 Å². The zero-order chi connectivity index (χ0) is 17.5.